The molecule has 0 spiro atoms. The lowest BCUT2D eigenvalue weighted by Gasteiger charge is -2.08. The number of nitrogens with zero attached hydrogens (tertiary/aromatic N) is 2. The Hall–Kier alpha value is -2.31. The first-order valence-corrected chi connectivity index (χ1v) is 6.51. The van der Waals surface area contributed by atoms with Crippen LogP contribution in [-0.2, 0) is 9.53 Å². The standard InChI is InChI=1S/C14H14F2N2O3/c1-3-11(14(19)20-4-2)13-17-12(18-21-13)8-5-9(15)7-10(16)6-8/h5-7,11H,3-4H2,1-2H3. The summed E-state index contributed by atoms with van der Waals surface area (Å²) in [6, 6.07) is 2.92. The Morgan fingerprint density at radius 1 is 1.29 bits per heavy atom. The summed E-state index contributed by atoms with van der Waals surface area (Å²) in [7, 11) is 0. The lowest BCUT2D eigenvalue weighted by molar-refractivity contribution is -0.145. The molecule has 0 saturated carbocycles. The largest absolute Gasteiger partial charge is 0.465 e. The van der Waals surface area contributed by atoms with Gasteiger partial charge in [-0.05, 0) is 25.5 Å². The zero-order chi connectivity index (χ0) is 15.4. The molecule has 0 N–H and O–H groups in total. The Balaban J connectivity index is 2.30. The molecule has 0 aliphatic rings. The molecule has 2 aromatic rings. The number of carbonyl (C=O) groups is 1. The van der Waals surface area contributed by atoms with Crippen molar-refractivity contribution >= 4 is 5.97 Å². The van der Waals surface area contributed by atoms with Gasteiger partial charge in [0, 0.05) is 11.6 Å². The van der Waals surface area contributed by atoms with Crippen LogP contribution in [0.25, 0.3) is 11.4 Å². The average Bonchev–Trinajstić information content (AvgIpc) is 2.88. The fourth-order valence-electron chi connectivity index (χ4n) is 1.86. The summed E-state index contributed by atoms with van der Waals surface area (Å²) in [6.07, 6.45) is 0.415. The lowest BCUT2D eigenvalue weighted by Crippen LogP contribution is -2.15. The van der Waals surface area contributed by atoms with Crippen molar-refractivity contribution in [1.29, 1.82) is 0 Å². The van der Waals surface area contributed by atoms with E-state index in [4.69, 9.17) is 9.26 Å². The van der Waals surface area contributed by atoms with Crippen LogP contribution in [0, 0.1) is 11.6 Å². The van der Waals surface area contributed by atoms with Gasteiger partial charge in [-0.1, -0.05) is 12.1 Å². The predicted octanol–water partition coefficient (Wildman–Crippen LogP) is 3.07. The van der Waals surface area contributed by atoms with Crippen LogP contribution in [-0.4, -0.2) is 22.7 Å². The third-order valence-electron chi connectivity index (χ3n) is 2.84. The van der Waals surface area contributed by atoms with Crippen molar-refractivity contribution in [2.75, 3.05) is 6.61 Å². The number of rotatable bonds is 5. The normalized spacial score (nSPS) is 12.2. The van der Waals surface area contributed by atoms with Crippen LogP contribution < -0.4 is 0 Å². The summed E-state index contributed by atoms with van der Waals surface area (Å²) < 4.78 is 36.3. The van der Waals surface area contributed by atoms with Crippen LogP contribution in [0.5, 0.6) is 0 Å². The van der Waals surface area contributed by atoms with Crippen LogP contribution in [0.2, 0.25) is 0 Å². The first-order valence-electron chi connectivity index (χ1n) is 6.51. The van der Waals surface area contributed by atoms with E-state index < -0.39 is 23.5 Å². The predicted molar refractivity (Wildman–Crippen MR) is 69.3 cm³/mol. The maximum Gasteiger partial charge on any atom is 0.318 e. The molecule has 21 heavy (non-hydrogen) atoms. The summed E-state index contributed by atoms with van der Waals surface area (Å²) >= 11 is 0. The minimum atomic E-state index is -0.742. The van der Waals surface area contributed by atoms with Gasteiger partial charge in [0.1, 0.15) is 17.6 Å². The van der Waals surface area contributed by atoms with Gasteiger partial charge in [0.05, 0.1) is 6.61 Å². The van der Waals surface area contributed by atoms with E-state index in [-0.39, 0.29) is 23.9 Å². The molecule has 1 heterocycles. The van der Waals surface area contributed by atoms with Crippen molar-refractivity contribution in [1.82, 2.24) is 10.1 Å². The quantitative estimate of drug-likeness (QED) is 0.793. The van der Waals surface area contributed by atoms with Crippen LogP contribution >= 0.6 is 0 Å². The number of hydrogen-bond donors (Lipinski definition) is 0. The third-order valence-corrected chi connectivity index (χ3v) is 2.84. The molecule has 7 heteroatoms. The van der Waals surface area contributed by atoms with Crippen molar-refractivity contribution in [3.8, 4) is 11.4 Å². The zero-order valence-electron chi connectivity index (χ0n) is 11.6. The summed E-state index contributed by atoms with van der Waals surface area (Å²) in [5.41, 5.74) is 0.140. The molecule has 1 aromatic heterocycles. The van der Waals surface area contributed by atoms with Crippen LogP contribution in [0.4, 0.5) is 8.78 Å². The molecule has 0 aliphatic heterocycles. The maximum absolute atomic E-state index is 13.2. The number of benzene rings is 1. The zero-order valence-corrected chi connectivity index (χ0v) is 11.6. The highest BCUT2D eigenvalue weighted by Crippen LogP contribution is 2.24. The topological polar surface area (TPSA) is 65.2 Å². The van der Waals surface area contributed by atoms with Gasteiger partial charge in [0.25, 0.3) is 0 Å². The van der Waals surface area contributed by atoms with Gasteiger partial charge in [-0.3, -0.25) is 4.79 Å². The fourth-order valence-corrected chi connectivity index (χ4v) is 1.86. The number of esters is 1. The maximum atomic E-state index is 13.2. The Bertz CT molecular complexity index is 623. The van der Waals surface area contributed by atoms with E-state index in [0.29, 0.717) is 6.42 Å². The van der Waals surface area contributed by atoms with E-state index in [1.807, 2.05) is 0 Å². The Kier molecular flexibility index (Phi) is 4.62. The molecule has 112 valence electrons. The first kappa shape index (κ1) is 15.1. The van der Waals surface area contributed by atoms with Gasteiger partial charge in [0.2, 0.25) is 11.7 Å². The second kappa shape index (κ2) is 6.43. The number of aromatic nitrogens is 2. The van der Waals surface area contributed by atoms with Gasteiger partial charge in [-0.2, -0.15) is 4.98 Å². The van der Waals surface area contributed by atoms with Gasteiger partial charge in [0.15, 0.2) is 0 Å². The number of carbonyl (C=O) groups excluding carboxylic acids is 1. The van der Waals surface area contributed by atoms with E-state index in [1.54, 1.807) is 13.8 Å². The van der Waals surface area contributed by atoms with Crippen molar-refractivity contribution in [3.63, 3.8) is 0 Å². The molecule has 0 amide bonds. The SMILES string of the molecule is CCOC(=O)C(CC)c1nc(-c2cc(F)cc(F)c2)no1. The first-order chi connectivity index (χ1) is 10.0. The fraction of sp³-hybridized carbons (Fsp3) is 0.357. The van der Waals surface area contributed by atoms with E-state index in [2.05, 4.69) is 10.1 Å². The van der Waals surface area contributed by atoms with E-state index >= 15 is 0 Å². The lowest BCUT2D eigenvalue weighted by atomic mass is 10.1. The molecule has 0 bridgehead atoms. The molecule has 0 fully saturated rings. The van der Waals surface area contributed by atoms with Crippen molar-refractivity contribution < 1.29 is 22.8 Å². The highest BCUT2D eigenvalue weighted by Gasteiger charge is 2.26. The molecular weight excluding hydrogens is 282 g/mol. The summed E-state index contributed by atoms with van der Waals surface area (Å²) in [6.45, 7) is 3.71. The molecule has 0 aliphatic carbocycles. The number of hydrogen-bond acceptors (Lipinski definition) is 5. The van der Waals surface area contributed by atoms with Crippen LogP contribution in [0.3, 0.4) is 0 Å². The molecule has 0 radical (unpaired) electrons. The van der Waals surface area contributed by atoms with Gasteiger partial charge < -0.3 is 9.26 Å². The van der Waals surface area contributed by atoms with E-state index in [9.17, 15) is 13.6 Å². The smallest absolute Gasteiger partial charge is 0.318 e. The molecular formula is C14H14F2N2O3. The van der Waals surface area contributed by atoms with E-state index in [0.717, 1.165) is 18.2 Å². The minimum absolute atomic E-state index is 0.0196. The molecule has 0 saturated heterocycles. The van der Waals surface area contributed by atoms with Gasteiger partial charge >= 0.3 is 5.97 Å². The van der Waals surface area contributed by atoms with Gasteiger partial charge in [-0.15, -0.1) is 0 Å². The number of ether oxygens (including phenoxy) is 1. The Morgan fingerprint density at radius 3 is 2.52 bits per heavy atom. The van der Waals surface area contributed by atoms with E-state index in [1.165, 1.54) is 0 Å². The Labute approximate surface area is 119 Å². The Morgan fingerprint density at radius 2 is 1.95 bits per heavy atom. The molecule has 1 unspecified atom stereocenters. The monoisotopic (exact) mass is 296 g/mol. The molecule has 1 aromatic carbocycles. The number of halogens is 2. The molecule has 1 atom stereocenters. The molecule has 2 rings (SSSR count). The average molecular weight is 296 g/mol. The van der Waals surface area contributed by atoms with Gasteiger partial charge in [-0.25, -0.2) is 8.78 Å². The highest BCUT2D eigenvalue weighted by molar-refractivity contribution is 5.76. The van der Waals surface area contributed by atoms with Crippen LogP contribution in [0.1, 0.15) is 32.1 Å². The summed E-state index contributed by atoms with van der Waals surface area (Å²) in [4.78, 5) is 15.8. The summed E-state index contributed by atoms with van der Waals surface area (Å²) in [5.74, 6) is -2.56. The van der Waals surface area contributed by atoms with Crippen molar-refractivity contribution in [2.24, 2.45) is 0 Å². The third kappa shape index (κ3) is 3.42. The van der Waals surface area contributed by atoms with Crippen molar-refractivity contribution in [2.45, 2.75) is 26.2 Å². The minimum Gasteiger partial charge on any atom is -0.465 e. The van der Waals surface area contributed by atoms with Crippen LogP contribution in [0.15, 0.2) is 22.7 Å². The molecule has 5 nitrogen and oxygen atoms in total. The second-order valence-electron chi connectivity index (χ2n) is 4.33. The second-order valence-corrected chi connectivity index (χ2v) is 4.33. The van der Waals surface area contributed by atoms with Crippen molar-refractivity contribution in [3.05, 3.63) is 35.7 Å². The highest BCUT2D eigenvalue weighted by atomic mass is 19.1. The summed E-state index contributed by atoms with van der Waals surface area (Å²) in [5, 5.41) is 3.65.